The molecule has 1 aliphatic rings. The fourth-order valence-corrected chi connectivity index (χ4v) is 1.84. The largest absolute Gasteiger partial charge is 0.465 e. The van der Waals surface area contributed by atoms with Gasteiger partial charge in [0, 0.05) is 12.2 Å². The molecule has 1 unspecified atom stereocenters. The van der Waals surface area contributed by atoms with Crippen LogP contribution in [0.3, 0.4) is 0 Å². The molecule has 0 spiro atoms. The summed E-state index contributed by atoms with van der Waals surface area (Å²) in [5, 5.41) is 3.22. The van der Waals surface area contributed by atoms with Crippen molar-refractivity contribution < 1.29 is 9.53 Å². The lowest BCUT2D eigenvalue weighted by molar-refractivity contribution is -0.146. The number of anilines is 1. The minimum atomic E-state index is -0.144. The number of esters is 1. The van der Waals surface area contributed by atoms with E-state index < -0.39 is 0 Å². The number of hydrogen-bond acceptors (Lipinski definition) is 3. The molecule has 0 aliphatic carbocycles. The van der Waals surface area contributed by atoms with Gasteiger partial charge in [0.15, 0.2) is 0 Å². The highest BCUT2D eigenvalue weighted by Gasteiger charge is 2.29. The zero-order chi connectivity index (χ0) is 11.5. The predicted octanol–water partition coefficient (Wildman–Crippen LogP) is 2.39. The van der Waals surface area contributed by atoms with E-state index in [2.05, 4.69) is 5.32 Å². The molecule has 2 rings (SSSR count). The molecule has 0 amide bonds. The lowest BCUT2D eigenvalue weighted by Crippen LogP contribution is -2.19. The summed E-state index contributed by atoms with van der Waals surface area (Å²) in [5.74, 6) is 0.120. The number of rotatable bonds is 3. The van der Waals surface area contributed by atoms with Crippen LogP contribution in [0.25, 0.3) is 0 Å². The predicted molar refractivity (Wildman–Crippen MR) is 63.5 cm³/mol. The summed E-state index contributed by atoms with van der Waals surface area (Å²) >= 11 is 0. The summed E-state index contributed by atoms with van der Waals surface area (Å²) in [6.45, 7) is 5.22. The summed E-state index contributed by atoms with van der Waals surface area (Å²) in [5.41, 5.74) is 2.10. The highest BCUT2D eigenvalue weighted by atomic mass is 16.5. The first kappa shape index (κ1) is 11.0. The maximum atomic E-state index is 11.9. The van der Waals surface area contributed by atoms with Gasteiger partial charge in [0.1, 0.15) is 5.92 Å². The molecule has 1 heterocycles. The standard InChI is InChI=1S/C13H17NO2/c1-9(2)8-16-13(15)11-7-14-12-6-4-3-5-10(11)12/h3-6,9,11,14H,7-8H2,1-2H3. The van der Waals surface area contributed by atoms with E-state index in [9.17, 15) is 4.79 Å². The lowest BCUT2D eigenvalue weighted by Gasteiger charge is -2.11. The van der Waals surface area contributed by atoms with Crippen molar-refractivity contribution in [2.75, 3.05) is 18.5 Å². The smallest absolute Gasteiger partial charge is 0.315 e. The Balaban J connectivity index is 2.04. The van der Waals surface area contributed by atoms with Gasteiger partial charge in [-0.2, -0.15) is 0 Å². The second-order valence-electron chi connectivity index (χ2n) is 4.54. The number of fused-ring (bicyclic) bond motifs is 1. The van der Waals surface area contributed by atoms with E-state index in [0.717, 1.165) is 11.3 Å². The Morgan fingerprint density at radius 2 is 2.25 bits per heavy atom. The molecule has 0 saturated carbocycles. The van der Waals surface area contributed by atoms with Crippen LogP contribution in [-0.4, -0.2) is 19.1 Å². The summed E-state index contributed by atoms with van der Waals surface area (Å²) in [6, 6.07) is 7.89. The van der Waals surface area contributed by atoms with E-state index >= 15 is 0 Å². The number of carbonyl (C=O) groups excluding carboxylic acids is 1. The summed E-state index contributed by atoms with van der Waals surface area (Å²) in [6.07, 6.45) is 0. The first-order valence-corrected chi connectivity index (χ1v) is 5.68. The normalized spacial score (nSPS) is 18.1. The molecule has 1 atom stereocenters. The van der Waals surface area contributed by atoms with Crippen molar-refractivity contribution in [3.8, 4) is 0 Å². The summed E-state index contributed by atoms with van der Waals surface area (Å²) in [4.78, 5) is 11.9. The van der Waals surface area contributed by atoms with E-state index in [-0.39, 0.29) is 11.9 Å². The number of carbonyl (C=O) groups is 1. The molecule has 0 saturated heterocycles. The van der Waals surface area contributed by atoms with Crippen LogP contribution >= 0.6 is 0 Å². The Morgan fingerprint density at radius 1 is 1.50 bits per heavy atom. The Morgan fingerprint density at radius 3 is 3.00 bits per heavy atom. The molecule has 0 fully saturated rings. The van der Waals surface area contributed by atoms with Gasteiger partial charge in [-0.1, -0.05) is 32.0 Å². The number of hydrogen-bond donors (Lipinski definition) is 1. The van der Waals surface area contributed by atoms with Crippen LogP contribution in [0.2, 0.25) is 0 Å². The van der Waals surface area contributed by atoms with Crippen LogP contribution in [0, 0.1) is 5.92 Å². The van der Waals surface area contributed by atoms with Gasteiger partial charge in [-0.3, -0.25) is 4.79 Å². The van der Waals surface area contributed by atoms with Crippen LogP contribution in [0.4, 0.5) is 5.69 Å². The molecule has 1 aromatic carbocycles. The molecule has 86 valence electrons. The Hall–Kier alpha value is -1.51. The Bertz CT molecular complexity index is 387. The fourth-order valence-electron chi connectivity index (χ4n) is 1.84. The van der Waals surface area contributed by atoms with Crippen molar-refractivity contribution in [2.24, 2.45) is 5.92 Å². The van der Waals surface area contributed by atoms with E-state index in [1.807, 2.05) is 38.1 Å². The van der Waals surface area contributed by atoms with Crippen molar-refractivity contribution in [1.82, 2.24) is 0 Å². The van der Waals surface area contributed by atoms with Crippen LogP contribution in [0.5, 0.6) is 0 Å². The molecule has 3 nitrogen and oxygen atoms in total. The second kappa shape index (κ2) is 4.56. The third-order valence-electron chi connectivity index (χ3n) is 2.68. The van der Waals surface area contributed by atoms with Crippen LogP contribution in [-0.2, 0) is 9.53 Å². The molecular weight excluding hydrogens is 202 g/mol. The van der Waals surface area contributed by atoms with Crippen LogP contribution in [0.15, 0.2) is 24.3 Å². The average molecular weight is 219 g/mol. The first-order valence-electron chi connectivity index (χ1n) is 5.68. The average Bonchev–Trinajstić information content (AvgIpc) is 2.69. The third-order valence-corrected chi connectivity index (χ3v) is 2.68. The highest BCUT2D eigenvalue weighted by molar-refractivity contribution is 5.83. The molecule has 1 aliphatic heterocycles. The molecule has 16 heavy (non-hydrogen) atoms. The minimum absolute atomic E-state index is 0.119. The van der Waals surface area contributed by atoms with Crippen molar-refractivity contribution in [3.05, 3.63) is 29.8 Å². The van der Waals surface area contributed by atoms with Gasteiger partial charge in [-0.25, -0.2) is 0 Å². The van der Waals surface area contributed by atoms with E-state index in [1.165, 1.54) is 0 Å². The molecule has 0 aromatic heterocycles. The molecular formula is C13H17NO2. The fraction of sp³-hybridized carbons (Fsp3) is 0.462. The maximum Gasteiger partial charge on any atom is 0.315 e. The topological polar surface area (TPSA) is 38.3 Å². The van der Waals surface area contributed by atoms with Crippen LogP contribution < -0.4 is 5.32 Å². The first-order chi connectivity index (χ1) is 7.68. The molecule has 1 N–H and O–H groups in total. The van der Waals surface area contributed by atoms with Crippen molar-refractivity contribution >= 4 is 11.7 Å². The number of nitrogens with one attached hydrogen (secondary N) is 1. The van der Waals surface area contributed by atoms with Gasteiger partial charge in [-0.05, 0) is 17.5 Å². The molecule has 0 bridgehead atoms. The monoisotopic (exact) mass is 219 g/mol. The van der Waals surface area contributed by atoms with Gasteiger partial charge in [0.25, 0.3) is 0 Å². The summed E-state index contributed by atoms with van der Waals surface area (Å²) in [7, 11) is 0. The SMILES string of the molecule is CC(C)COC(=O)C1CNc2ccccc21. The van der Waals surface area contributed by atoms with Crippen molar-refractivity contribution in [1.29, 1.82) is 0 Å². The Kier molecular flexibility index (Phi) is 3.13. The zero-order valence-electron chi connectivity index (χ0n) is 9.69. The number of para-hydroxylation sites is 1. The highest BCUT2D eigenvalue weighted by Crippen LogP contribution is 2.31. The molecule has 0 radical (unpaired) electrons. The second-order valence-corrected chi connectivity index (χ2v) is 4.54. The summed E-state index contributed by atoms with van der Waals surface area (Å²) < 4.78 is 5.27. The Labute approximate surface area is 95.8 Å². The third kappa shape index (κ3) is 2.18. The number of benzene rings is 1. The minimum Gasteiger partial charge on any atom is -0.465 e. The van der Waals surface area contributed by atoms with Gasteiger partial charge in [0.05, 0.1) is 6.61 Å². The van der Waals surface area contributed by atoms with Crippen LogP contribution in [0.1, 0.15) is 25.3 Å². The van der Waals surface area contributed by atoms with Gasteiger partial charge in [0.2, 0.25) is 0 Å². The zero-order valence-corrected chi connectivity index (χ0v) is 9.69. The molecule has 1 aromatic rings. The van der Waals surface area contributed by atoms with E-state index in [0.29, 0.717) is 19.1 Å². The van der Waals surface area contributed by atoms with Gasteiger partial charge < -0.3 is 10.1 Å². The van der Waals surface area contributed by atoms with E-state index in [4.69, 9.17) is 4.74 Å². The van der Waals surface area contributed by atoms with Crippen molar-refractivity contribution in [2.45, 2.75) is 19.8 Å². The quantitative estimate of drug-likeness (QED) is 0.793. The number of ether oxygens (including phenoxy) is 1. The van der Waals surface area contributed by atoms with Crippen molar-refractivity contribution in [3.63, 3.8) is 0 Å². The van der Waals surface area contributed by atoms with Gasteiger partial charge in [-0.15, -0.1) is 0 Å². The molecule has 3 heteroatoms. The van der Waals surface area contributed by atoms with E-state index in [1.54, 1.807) is 0 Å². The maximum absolute atomic E-state index is 11.9. The lowest BCUT2D eigenvalue weighted by atomic mass is 10.0. The van der Waals surface area contributed by atoms with Gasteiger partial charge >= 0.3 is 5.97 Å².